The number of hydrogen-bond acceptors (Lipinski definition) is 3. The molecular formula is C19H21NO2. The van der Waals surface area contributed by atoms with Crippen LogP contribution in [0.3, 0.4) is 0 Å². The van der Waals surface area contributed by atoms with Gasteiger partial charge in [0.15, 0.2) is 0 Å². The fourth-order valence-corrected chi connectivity index (χ4v) is 3.23. The normalized spacial score (nSPS) is 16.5. The lowest BCUT2D eigenvalue weighted by Gasteiger charge is -2.25. The van der Waals surface area contributed by atoms with E-state index in [1.807, 2.05) is 31.2 Å². The van der Waals surface area contributed by atoms with Gasteiger partial charge in [0.25, 0.3) is 0 Å². The third-order valence-electron chi connectivity index (χ3n) is 4.20. The van der Waals surface area contributed by atoms with E-state index in [0.29, 0.717) is 13.0 Å². The number of esters is 1. The highest BCUT2D eigenvalue weighted by atomic mass is 16.5. The van der Waals surface area contributed by atoms with Gasteiger partial charge in [-0.1, -0.05) is 36.4 Å². The molecule has 0 spiro atoms. The van der Waals surface area contributed by atoms with Crippen molar-refractivity contribution in [3.63, 3.8) is 0 Å². The number of anilines is 2. The van der Waals surface area contributed by atoms with Crippen molar-refractivity contribution in [3.05, 3.63) is 59.7 Å². The maximum Gasteiger partial charge on any atom is 0.313 e. The molecule has 3 rings (SSSR count). The highest BCUT2D eigenvalue weighted by Gasteiger charge is 2.31. The number of benzene rings is 2. The third-order valence-corrected chi connectivity index (χ3v) is 4.20. The number of para-hydroxylation sites is 2. The smallest absolute Gasteiger partial charge is 0.313 e. The summed E-state index contributed by atoms with van der Waals surface area (Å²) in [6.45, 7) is 5.27. The lowest BCUT2D eigenvalue weighted by atomic mass is 9.92. The van der Waals surface area contributed by atoms with E-state index in [2.05, 4.69) is 36.1 Å². The van der Waals surface area contributed by atoms with Crippen molar-refractivity contribution in [2.75, 3.05) is 18.1 Å². The second-order valence-corrected chi connectivity index (χ2v) is 5.44. The predicted molar refractivity (Wildman–Crippen MR) is 88.6 cm³/mol. The molecule has 1 aliphatic rings. The summed E-state index contributed by atoms with van der Waals surface area (Å²) in [5.41, 5.74) is 4.54. The zero-order valence-corrected chi connectivity index (χ0v) is 13.1. The summed E-state index contributed by atoms with van der Waals surface area (Å²) in [7, 11) is 0. The van der Waals surface area contributed by atoms with Gasteiger partial charge >= 0.3 is 5.97 Å². The lowest BCUT2D eigenvalue weighted by Crippen LogP contribution is -2.19. The van der Waals surface area contributed by atoms with Gasteiger partial charge in [0.2, 0.25) is 0 Å². The third kappa shape index (κ3) is 2.47. The van der Waals surface area contributed by atoms with E-state index in [0.717, 1.165) is 17.8 Å². The van der Waals surface area contributed by atoms with Crippen LogP contribution in [0.4, 0.5) is 11.4 Å². The van der Waals surface area contributed by atoms with Crippen LogP contribution in [0.5, 0.6) is 0 Å². The summed E-state index contributed by atoms with van der Waals surface area (Å²) < 4.78 is 5.32. The largest absolute Gasteiger partial charge is 0.466 e. The van der Waals surface area contributed by atoms with Crippen molar-refractivity contribution in [1.82, 2.24) is 0 Å². The molecule has 0 saturated heterocycles. The first-order valence-corrected chi connectivity index (χ1v) is 7.87. The number of carbonyl (C=O) groups excluding carboxylic acids is 1. The van der Waals surface area contributed by atoms with Crippen LogP contribution in [0.1, 0.15) is 30.9 Å². The zero-order valence-electron chi connectivity index (χ0n) is 13.1. The van der Waals surface area contributed by atoms with Gasteiger partial charge in [0.1, 0.15) is 0 Å². The molecule has 1 heterocycles. The van der Waals surface area contributed by atoms with E-state index in [-0.39, 0.29) is 11.9 Å². The van der Waals surface area contributed by atoms with Crippen LogP contribution < -0.4 is 4.90 Å². The van der Waals surface area contributed by atoms with Gasteiger partial charge in [-0.15, -0.1) is 0 Å². The number of fused-ring (bicyclic) bond motifs is 2. The summed E-state index contributed by atoms with van der Waals surface area (Å²) >= 11 is 0. The summed E-state index contributed by atoms with van der Waals surface area (Å²) in [5.74, 6) is -0.378. The van der Waals surface area contributed by atoms with Crippen LogP contribution in [-0.2, 0) is 16.0 Å². The van der Waals surface area contributed by atoms with Crippen molar-refractivity contribution in [2.45, 2.75) is 26.2 Å². The van der Waals surface area contributed by atoms with Crippen LogP contribution in [0.15, 0.2) is 48.5 Å². The Balaban J connectivity index is 2.17. The van der Waals surface area contributed by atoms with Gasteiger partial charge in [-0.2, -0.15) is 0 Å². The van der Waals surface area contributed by atoms with Gasteiger partial charge < -0.3 is 9.64 Å². The van der Waals surface area contributed by atoms with Crippen molar-refractivity contribution in [1.29, 1.82) is 0 Å². The summed E-state index contributed by atoms with van der Waals surface area (Å²) in [6, 6.07) is 16.5. The van der Waals surface area contributed by atoms with E-state index >= 15 is 0 Å². The second kappa shape index (κ2) is 6.22. The fourth-order valence-electron chi connectivity index (χ4n) is 3.23. The molecular weight excluding hydrogens is 274 g/mol. The first kappa shape index (κ1) is 14.6. The Morgan fingerprint density at radius 3 is 2.50 bits per heavy atom. The van der Waals surface area contributed by atoms with E-state index in [1.54, 1.807) is 0 Å². The number of rotatable bonds is 3. The molecule has 0 aliphatic carbocycles. The minimum atomic E-state index is -0.242. The van der Waals surface area contributed by atoms with E-state index < -0.39 is 0 Å². The predicted octanol–water partition coefficient (Wildman–Crippen LogP) is 4.05. The number of carbonyl (C=O) groups is 1. The molecule has 1 unspecified atom stereocenters. The molecule has 114 valence electrons. The van der Waals surface area contributed by atoms with Gasteiger partial charge in [0, 0.05) is 17.9 Å². The molecule has 1 aliphatic heterocycles. The average Bonchev–Trinajstić information content (AvgIpc) is 2.69. The zero-order chi connectivity index (χ0) is 15.5. The minimum absolute atomic E-state index is 0.136. The Kier molecular flexibility index (Phi) is 4.14. The minimum Gasteiger partial charge on any atom is -0.466 e. The summed E-state index contributed by atoms with van der Waals surface area (Å²) in [6.07, 6.45) is 0.683. The summed E-state index contributed by atoms with van der Waals surface area (Å²) in [5, 5.41) is 0. The van der Waals surface area contributed by atoms with E-state index in [4.69, 9.17) is 4.74 Å². The Morgan fingerprint density at radius 1 is 1.09 bits per heavy atom. The SMILES string of the molecule is CCOC(=O)C1Cc2ccccc2N(CC)c2ccccc21. The Morgan fingerprint density at radius 2 is 1.77 bits per heavy atom. The lowest BCUT2D eigenvalue weighted by molar-refractivity contribution is -0.144. The standard InChI is InChI=1S/C19H21NO2/c1-3-20-17-11-7-5-9-14(17)13-16(19(21)22-4-2)15-10-6-8-12-18(15)20/h5-12,16H,3-4,13H2,1-2H3. The van der Waals surface area contributed by atoms with Crippen LogP contribution >= 0.6 is 0 Å². The molecule has 0 radical (unpaired) electrons. The van der Waals surface area contributed by atoms with Gasteiger partial charge in [-0.3, -0.25) is 4.79 Å². The Bertz CT molecular complexity index is 681. The molecule has 2 aromatic carbocycles. The van der Waals surface area contributed by atoms with Crippen molar-refractivity contribution in [2.24, 2.45) is 0 Å². The quantitative estimate of drug-likeness (QED) is 0.800. The topological polar surface area (TPSA) is 29.5 Å². The number of nitrogens with zero attached hydrogens (tertiary/aromatic N) is 1. The number of hydrogen-bond donors (Lipinski definition) is 0. The molecule has 0 saturated carbocycles. The molecule has 3 nitrogen and oxygen atoms in total. The average molecular weight is 295 g/mol. The van der Waals surface area contributed by atoms with Crippen molar-refractivity contribution in [3.8, 4) is 0 Å². The van der Waals surface area contributed by atoms with Crippen LogP contribution in [0.2, 0.25) is 0 Å². The Labute approximate surface area is 131 Å². The monoisotopic (exact) mass is 295 g/mol. The van der Waals surface area contributed by atoms with Gasteiger partial charge in [-0.25, -0.2) is 0 Å². The maximum absolute atomic E-state index is 12.5. The van der Waals surface area contributed by atoms with Crippen LogP contribution in [0, 0.1) is 0 Å². The van der Waals surface area contributed by atoms with Crippen LogP contribution in [-0.4, -0.2) is 19.1 Å². The molecule has 22 heavy (non-hydrogen) atoms. The highest BCUT2D eigenvalue weighted by molar-refractivity contribution is 5.85. The van der Waals surface area contributed by atoms with Crippen molar-refractivity contribution >= 4 is 17.3 Å². The second-order valence-electron chi connectivity index (χ2n) is 5.44. The molecule has 0 bridgehead atoms. The Hall–Kier alpha value is -2.29. The van der Waals surface area contributed by atoms with E-state index in [1.165, 1.54) is 11.3 Å². The van der Waals surface area contributed by atoms with Gasteiger partial charge in [-0.05, 0) is 43.5 Å². The summed E-state index contributed by atoms with van der Waals surface area (Å²) in [4.78, 5) is 14.8. The first-order valence-electron chi connectivity index (χ1n) is 7.87. The molecule has 1 atom stereocenters. The first-order chi connectivity index (χ1) is 10.8. The highest BCUT2D eigenvalue weighted by Crippen LogP contribution is 2.41. The molecule has 0 fully saturated rings. The molecule has 0 amide bonds. The fraction of sp³-hybridized carbons (Fsp3) is 0.316. The maximum atomic E-state index is 12.5. The molecule has 2 aromatic rings. The van der Waals surface area contributed by atoms with Crippen LogP contribution in [0.25, 0.3) is 0 Å². The number of ether oxygens (including phenoxy) is 1. The van der Waals surface area contributed by atoms with Gasteiger partial charge in [0.05, 0.1) is 12.5 Å². The van der Waals surface area contributed by atoms with Crippen molar-refractivity contribution < 1.29 is 9.53 Å². The molecule has 0 N–H and O–H groups in total. The van der Waals surface area contributed by atoms with E-state index in [9.17, 15) is 4.79 Å². The molecule has 0 aromatic heterocycles. The molecule has 3 heteroatoms.